The maximum Gasteiger partial charge on any atom is 0.129 e. The molecule has 134 valence electrons. The zero-order chi connectivity index (χ0) is 18.5. The zero-order valence-electron chi connectivity index (χ0n) is 14.9. The Morgan fingerprint density at radius 3 is 2.74 bits per heavy atom. The first-order chi connectivity index (χ1) is 13.2. The highest BCUT2D eigenvalue weighted by Gasteiger charge is 2.26. The van der Waals surface area contributed by atoms with Crippen LogP contribution in [0.5, 0.6) is 5.75 Å². The van der Waals surface area contributed by atoms with Crippen LogP contribution < -0.4 is 10.5 Å². The second-order valence-electron chi connectivity index (χ2n) is 6.80. The van der Waals surface area contributed by atoms with Gasteiger partial charge in [-0.15, -0.1) is 0 Å². The number of allylic oxidation sites excluding steroid dienone is 3. The van der Waals surface area contributed by atoms with Gasteiger partial charge in [0.2, 0.25) is 0 Å². The molecule has 0 atom stereocenters. The van der Waals surface area contributed by atoms with Gasteiger partial charge in [0.25, 0.3) is 0 Å². The van der Waals surface area contributed by atoms with Crippen LogP contribution in [-0.2, 0) is 13.1 Å². The quantitative estimate of drug-likeness (QED) is 0.753. The average Bonchev–Trinajstić information content (AvgIpc) is 3.04. The summed E-state index contributed by atoms with van der Waals surface area (Å²) in [5.41, 5.74) is 13.1. The standard InChI is InChI=1S/C22H18FN3O/c1-27-20-10-13(23)8-9-15(20)16-6-3-7-17-21(24)18-11-26(14-4-2-5-14)12-19(18)25-22(16)17/h2-10H,11-12H2,1H3,(H2,24,25). The molecule has 2 N–H and O–H groups in total. The van der Waals surface area contributed by atoms with Crippen molar-refractivity contribution in [3.63, 3.8) is 0 Å². The van der Waals surface area contributed by atoms with Crippen LogP contribution in [0.3, 0.4) is 0 Å². The zero-order valence-corrected chi connectivity index (χ0v) is 14.9. The van der Waals surface area contributed by atoms with E-state index in [0.717, 1.165) is 52.1 Å². The summed E-state index contributed by atoms with van der Waals surface area (Å²) < 4.78 is 19.0. The highest BCUT2D eigenvalue weighted by Crippen LogP contribution is 2.40. The van der Waals surface area contributed by atoms with E-state index in [4.69, 9.17) is 15.5 Å². The number of fused-ring (bicyclic) bond motifs is 2. The van der Waals surface area contributed by atoms with Gasteiger partial charge in [-0.05, 0) is 24.3 Å². The smallest absolute Gasteiger partial charge is 0.129 e. The molecule has 0 unspecified atom stereocenters. The summed E-state index contributed by atoms with van der Waals surface area (Å²) in [6.07, 6.45) is 6.22. The minimum Gasteiger partial charge on any atom is -0.496 e. The van der Waals surface area contributed by atoms with E-state index in [1.54, 1.807) is 13.2 Å². The lowest BCUT2D eigenvalue weighted by atomic mass is 9.98. The molecule has 0 bridgehead atoms. The number of methoxy groups -OCH3 is 1. The summed E-state index contributed by atoms with van der Waals surface area (Å²) in [4.78, 5) is 7.23. The number of benzene rings is 2. The number of nitrogens with zero attached hydrogens (tertiary/aromatic N) is 2. The fraction of sp³-hybridized carbons (Fsp3) is 0.136. The van der Waals surface area contributed by atoms with Gasteiger partial charge in [-0.25, -0.2) is 9.37 Å². The fourth-order valence-corrected chi connectivity index (χ4v) is 3.82. The number of hydrogen-bond donors (Lipinski definition) is 1. The van der Waals surface area contributed by atoms with Crippen LogP contribution in [0.25, 0.3) is 22.0 Å². The molecule has 5 heteroatoms. The molecule has 4 nitrogen and oxygen atoms in total. The van der Waals surface area contributed by atoms with Gasteiger partial charge in [0.1, 0.15) is 11.6 Å². The third kappa shape index (κ3) is 2.39. The second-order valence-corrected chi connectivity index (χ2v) is 6.80. The Bertz CT molecular complexity index is 1150. The van der Waals surface area contributed by atoms with Crippen LogP contribution in [0.1, 0.15) is 11.3 Å². The summed E-state index contributed by atoms with van der Waals surface area (Å²) >= 11 is 0. The molecule has 0 saturated carbocycles. The van der Waals surface area contributed by atoms with Gasteiger partial charge in [0.15, 0.2) is 0 Å². The molecule has 2 aromatic carbocycles. The minimum absolute atomic E-state index is 0.332. The molecule has 1 aliphatic heterocycles. The molecule has 1 aromatic heterocycles. The van der Waals surface area contributed by atoms with Crippen molar-refractivity contribution >= 4 is 16.6 Å². The predicted molar refractivity (Wildman–Crippen MR) is 105 cm³/mol. The van der Waals surface area contributed by atoms with E-state index in [9.17, 15) is 4.39 Å². The molecule has 27 heavy (non-hydrogen) atoms. The number of nitrogen functional groups attached to an aromatic ring is 1. The average molecular weight is 359 g/mol. The Hall–Kier alpha value is -3.34. The molecule has 0 amide bonds. The minimum atomic E-state index is -0.332. The van der Waals surface area contributed by atoms with Crippen molar-refractivity contribution in [2.24, 2.45) is 0 Å². The van der Waals surface area contributed by atoms with Crippen LogP contribution in [0, 0.1) is 5.82 Å². The first kappa shape index (κ1) is 15.9. The molecule has 0 spiro atoms. The second kappa shape index (κ2) is 5.84. The summed E-state index contributed by atoms with van der Waals surface area (Å²) in [5, 5.41) is 0.914. The SMILES string of the molecule is COc1cc(F)ccc1-c1cccc2c(N)c3c(nc12)CN(C1=CC=C1)C3. The lowest BCUT2D eigenvalue weighted by molar-refractivity contribution is 0.370. The van der Waals surface area contributed by atoms with Gasteiger partial charge >= 0.3 is 0 Å². The summed E-state index contributed by atoms with van der Waals surface area (Å²) in [5.74, 6) is 0.149. The van der Waals surface area contributed by atoms with E-state index in [2.05, 4.69) is 17.1 Å². The van der Waals surface area contributed by atoms with Crippen LogP contribution in [-0.4, -0.2) is 17.0 Å². The third-order valence-corrected chi connectivity index (χ3v) is 5.29. The maximum absolute atomic E-state index is 13.6. The Balaban J connectivity index is 1.70. The third-order valence-electron chi connectivity index (χ3n) is 5.29. The van der Waals surface area contributed by atoms with Crippen molar-refractivity contribution in [3.8, 4) is 16.9 Å². The van der Waals surface area contributed by atoms with Gasteiger partial charge in [0, 0.05) is 46.1 Å². The summed E-state index contributed by atoms with van der Waals surface area (Å²) in [7, 11) is 1.54. The molecule has 0 fully saturated rings. The van der Waals surface area contributed by atoms with E-state index in [1.807, 2.05) is 24.3 Å². The van der Waals surface area contributed by atoms with E-state index in [1.165, 1.54) is 17.8 Å². The van der Waals surface area contributed by atoms with Gasteiger partial charge in [-0.2, -0.15) is 0 Å². The number of rotatable bonds is 3. The van der Waals surface area contributed by atoms with Crippen molar-refractivity contribution in [3.05, 3.63) is 77.4 Å². The highest BCUT2D eigenvalue weighted by molar-refractivity contribution is 6.02. The van der Waals surface area contributed by atoms with Crippen molar-refractivity contribution in [2.45, 2.75) is 13.1 Å². The molecule has 1 aliphatic carbocycles. The fourth-order valence-electron chi connectivity index (χ4n) is 3.82. The van der Waals surface area contributed by atoms with Gasteiger partial charge in [-0.1, -0.05) is 24.3 Å². The van der Waals surface area contributed by atoms with Crippen LogP contribution in [0.4, 0.5) is 10.1 Å². The highest BCUT2D eigenvalue weighted by atomic mass is 19.1. The number of halogens is 1. The predicted octanol–water partition coefficient (Wildman–Crippen LogP) is 4.40. The Morgan fingerprint density at radius 1 is 1.15 bits per heavy atom. The van der Waals surface area contributed by atoms with Crippen LogP contribution >= 0.6 is 0 Å². The van der Waals surface area contributed by atoms with Crippen molar-refractivity contribution in [1.29, 1.82) is 0 Å². The molecule has 3 aromatic rings. The van der Waals surface area contributed by atoms with Crippen molar-refractivity contribution in [2.75, 3.05) is 12.8 Å². The van der Waals surface area contributed by atoms with E-state index in [0.29, 0.717) is 5.75 Å². The van der Waals surface area contributed by atoms with Crippen LogP contribution in [0.15, 0.2) is 60.3 Å². The number of ether oxygens (including phenoxy) is 1. The van der Waals surface area contributed by atoms with Gasteiger partial charge in [-0.3, -0.25) is 0 Å². The molecule has 0 radical (unpaired) electrons. The summed E-state index contributed by atoms with van der Waals surface area (Å²) in [6, 6.07) is 10.5. The molecule has 5 rings (SSSR count). The largest absolute Gasteiger partial charge is 0.496 e. The monoisotopic (exact) mass is 359 g/mol. The van der Waals surface area contributed by atoms with Crippen molar-refractivity contribution in [1.82, 2.24) is 9.88 Å². The first-order valence-corrected chi connectivity index (χ1v) is 8.83. The lowest BCUT2D eigenvalue weighted by Gasteiger charge is -2.21. The Labute approximate surface area is 156 Å². The maximum atomic E-state index is 13.6. The van der Waals surface area contributed by atoms with E-state index >= 15 is 0 Å². The number of anilines is 1. The van der Waals surface area contributed by atoms with E-state index < -0.39 is 0 Å². The molecule has 2 aliphatic rings. The van der Waals surface area contributed by atoms with Gasteiger partial charge in [0.05, 0.1) is 24.9 Å². The first-order valence-electron chi connectivity index (χ1n) is 8.83. The number of aromatic nitrogens is 1. The van der Waals surface area contributed by atoms with Crippen LogP contribution in [0.2, 0.25) is 0 Å². The molecule has 2 heterocycles. The molecule has 0 saturated heterocycles. The number of hydrogen-bond acceptors (Lipinski definition) is 4. The van der Waals surface area contributed by atoms with Crippen molar-refractivity contribution < 1.29 is 9.13 Å². The number of para-hydroxylation sites is 1. The molecular formula is C22H18FN3O. The van der Waals surface area contributed by atoms with E-state index in [-0.39, 0.29) is 5.82 Å². The summed E-state index contributed by atoms with van der Waals surface area (Å²) in [6.45, 7) is 1.50. The normalized spacial score (nSPS) is 14.9. The lowest BCUT2D eigenvalue weighted by Crippen LogP contribution is -2.16. The Kier molecular flexibility index (Phi) is 3.44. The topological polar surface area (TPSA) is 51.4 Å². The number of nitrogens with two attached hydrogens (primary N) is 1. The Morgan fingerprint density at radius 2 is 2.00 bits per heavy atom. The number of pyridine rings is 1. The van der Waals surface area contributed by atoms with Gasteiger partial charge < -0.3 is 15.4 Å². The molecular weight excluding hydrogens is 341 g/mol.